The van der Waals surface area contributed by atoms with Gasteiger partial charge in [0.1, 0.15) is 12.4 Å². The highest BCUT2D eigenvalue weighted by atomic mass is 35.5. The summed E-state index contributed by atoms with van der Waals surface area (Å²) in [5.41, 5.74) is 7.31. The molecule has 0 saturated heterocycles. The van der Waals surface area contributed by atoms with Crippen LogP contribution < -0.4 is 10.5 Å². The monoisotopic (exact) mass is 259 g/mol. The van der Waals surface area contributed by atoms with Gasteiger partial charge in [0.15, 0.2) is 0 Å². The average molecular weight is 260 g/mol. The zero-order chi connectivity index (χ0) is 12.0. The summed E-state index contributed by atoms with van der Waals surface area (Å²) in [4.78, 5) is 11.1. The van der Waals surface area contributed by atoms with E-state index < -0.39 is 0 Å². The smallest absolute Gasteiger partial charge is 0.309 e. The van der Waals surface area contributed by atoms with Gasteiger partial charge in [0.25, 0.3) is 0 Å². The summed E-state index contributed by atoms with van der Waals surface area (Å²) in [6.07, 6.45) is 0.291. The molecule has 0 bridgehead atoms. The summed E-state index contributed by atoms with van der Waals surface area (Å²) < 4.78 is 10.00. The first-order valence-electron chi connectivity index (χ1n) is 5.16. The summed E-state index contributed by atoms with van der Waals surface area (Å²) in [7, 11) is 1.39. The number of rotatable bonds is 5. The number of hydrogen-bond acceptors (Lipinski definition) is 4. The third-order valence-electron chi connectivity index (χ3n) is 2.26. The number of carbonyl (C=O) groups is 1. The second-order valence-corrected chi connectivity index (χ2v) is 3.48. The number of ether oxygens (including phenoxy) is 2. The Hall–Kier alpha value is -1.26. The molecule has 1 rings (SSSR count). The minimum atomic E-state index is -0.237. The molecule has 2 N–H and O–H groups in total. The molecule has 17 heavy (non-hydrogen) atoms. The number of benzene rings is 1. The molecule has 0 aliphatic rings. The first kappa shape index (κ1) is 15.7. The minimum absolute atomic E-state index is 0. The van der Waals surface area contributed by atoms with Gasteiger partial charge >= 0.3 is 5.97 Å². The maximum Gasteiger partial charge on any atom is 0.309 e. The number of carbonyl (C=O) groups excluding carboxylic acids is 1. The van der Waals surface area contributed by atoms with Crippen LogP contribution in [0.25, 0.3) is 0 Å². The maximum atomic E-state index is 11.1. The molecule has 0 aliphatic heterocycles. The van der Waals surface area contributed by atoms with E-state index in [4.69, 9.17) is 10.5 Å². The third-order valence-corrected chi connectivity index (χ3v) is 2.26. The standard InChI is InChI=1S/C12H17NO3.ClH/c1-9-7-11(16-6-5-13)4-3-10(9)8-12(14)15-2;/h3-4,7H,5-6,8,13H2,1-2H3;1H. The number of methoxy groups -OCH3 is 1. The van der Waals surface area contributed by atoms with E-state index in [1.165, 1.54) is 7.11 Å². The molecule has 0 aromatic heterocycles. The van der Waals surface area contributed by atoms with E-state index in [0.29, 0.717) is 19.6 Å². The molecule has 0 amide bonds. The van der Waals surface area contributed by atoms with Gasteiger partial charge in [-0.05, 0) is 30.2 Å². The molecule has 0 unspecified atom stereocenters. The lowest BCUT2D eigenvalue weighted by atomic mass is 10.1. The maximum absolute atomic E-state index is 11.1. The molecule has 5 heteroatoms. The molecule has 0 heterocycles. The Morgan fingerprint density at radius 3 is 2.65 bits per heavy atom. The van der Waals surface area contributed by atoms with Crippen molar-refractivity contribution in [2.45, 2.75) is 13.3 Å². The lowest BCUT2D eigenvalue weighted by molar-refractivity contribution is -0.139. The van der Waals surface area contributed by atoms with Crippen LogP contribution in [0.2, 0.25) is 0 Å². The molecule has 0 aliphatic carbocycles. The predicted molar refractivity (Wildman–Crippen MR) is 68.7 cm³/mol. The Bertz CT molecular complexity index is 369. The van der Waals surface area contributed by atoms with Crippen molar-refractivity contribution in [3.05, 3.63) is 29.3 Å². The van der Waals surface area contributed by atoms with E-state index in [2.05, 4.69) is 4.74 Å². The van der Waals surface area contributed by atoms with Crippen molar-refractivity contribution >= 4 is 18.4 Å². The Balaban J connectivity index is 0.00000256. The van der Waals surface area contributed by atoms with Gasteiger partial charge in [-0.2, -0.15) is 0 Å². The van der Waals surface area contributed by atoms with Crippen LogP contribution in [0.5, 0.6) is 5.75 Å². The highest BCUT2D eigenvalue weighted by Crippen LogP contribution is 2.17. The molecule has 0 radical (unpaired) electrons. The van der Waals surface area contributed by atoms with Crippen molar-refractivity contribution in [3.8, 4) is 5.75 Å². The normalized spacial score (nSPS) is 9.35. The summed E-state index contributed by atoms with van der Waals surface area (Å²) >= 11 is 0. The second kappa shape index (κ2) is 7.92. The van der Waals surface area contributed by atoms with Gasteiger partial charge in [0.05, 0.1) is 13.5 Å². The van der Waals surface area contributed by atoms with Gasteiger partial charge in [-0.25, -0.2) is 0 Å². The van der Waals surface area contributed by atoms with E-state index >= 15 is 0 Å². The van der Waals surface area contributed by atoms with E-state index in [9.17, 15) is 4.79 Å². The van der Waals surface area contributed by atoms with Crippen LogP contribution in [-0.4, -0.2) is 26.2 Å². The van der Waals surface area contributed by atoms with E-state index in [0.717, 1.165) is 16.9 Å². The van der Waals surface area contributed by atoms with Crippen molar-refractivity contribution in [3.63, 3.8) is 0 Å². The number of hydrogen-bond donors (Lipinski definition) is 1. The molecule has 0 spiro atoms. The molecule has 1 aromatic rings. The molecule has 4 nitrogen and oxygen atoms in total. The largest absolute Gasteiger partial charge is 0.492 e. The van der Waals surface area contributed by atoms with Crippen LogP contribution in [0.3, 0.4) is 0 Å². The fraction of sp³-hybridized carbons (Fsp3) is 0.417. The average Bonchev–Trinajstić information content (AvgIpc) is 2.29. The summed E-state index contributed by atoms with van der Waals surface area (Å²) in [5, 5.41) is 0. The Kier molecular flexibility index (Phi) is 7.34. The summed E-state index contributed by atoms with van der Waals surface area (Å²) in [5.74, 6) is 0.537. The fourth-order valence-corrected chi connectivity index (χ4v) is 1.36. The van der Waals surface area contributed by atoms with Gasteiger partial charge in [-0.1, -0.05) is 6.07 Å². The highest BCUT2D eigenvalue weighted by molar-refractivity contribution is 5.85. The zero-order valence-corrected chi connectivity index (χ0v) is 10.9. The summed E-state index contributed by atoms with van der Waals surface area (Å²) in [6, 6.07) is 5.60. The van der Waals surface area contributed by atoms with Crippen molar-refractivity contribution in [1.82, 2.24) is 0 Å². The van der Waals surface area contributed by atoms with Crippen molar-refractivity contribution < 1.29 is 14.3 Å². The molecule has 1 aromatic carbocycles. The first-order valence-corrected chi connectivity index (χ1v) is 5.16. The minimum Gasteiger partial charge on any atom is -0.492 e. The van der Waals surface area contributed by atoms with Crippen LogP contribution >= 0.6 is 12.4 Å². The zero-order valence-electron chi connectivity index (χ0n) is 10.1. The number of nitrogens with two attached hydrogens (primary N) is 1. The SMILES string of the molecule is COC(=O)Cc1ccc(OCCN)cc1C.Cl. The molecule has 96 valence electrons. The van der Waals surface area contributed by atoms with Crippen molar-refractivity contribution in [1.29, 1.82) is 0 Å². The van der Waals surface area contributed by atoms with Crippen molar-refractivity contribution in [2.24, 2.45) is 5.73 Å². The Morgan fingerprint density at radius 2 is 2.12 bits per heavy atom. The molecular weight excluding hydrogens is 242 g/mol. The summed E-state index contributed by atoms with van der Waals surface area (Å²) in [6.45, 7) is 2.92. The highest BCUT2D eigenvalue weighted by Gasteiger charge is 2.06. The van der Waals surface area contributed by atoms with Crippen LogP contribution in [0.1, 0.15) is 11.1 Å². The fourth-order valence-electron chi connectivity index (χ4n) is 1.36. The quantitative estimate of drug-likeness (QED) is 0.814. The van der Waals surface area contributed by atoms with Gasteiger partial charge in [-0.15, -0.1) is 12.4 Å². The van der Waals surface area contributed by atoms with Gasteiger partial charge in [-0.3, -0.25) is 4.79 Å². The number of halogens is 1. The topological polar surface area (TPSA) is 61.5 Å². The molecule has 0 atom stereocenters. The van der Waals surface area contributed by atoms with Crippen LogP contribution in [-0.2, 0) is 16.0 Å². The Morgan fingerprint density at radius 1 is 1.41 bits per heavy atom. The molecule has 0 saturated carbocycles. The molecular formula is C12H18ClNO3. The second-order valence-electron chi connectivity index (χ2n) is 3.48. The lowest BCUT2D eigenvalue weighted by Gasteiger charge is -2.08. The molecule has 0 fully saturated rings. The van der Waals surface area contributed by atoms with Crippen LogP contribution in [0.15, 0.2) is 18.2 Å². The van der Waals surface area contributed by atoms with Crippen LogP contribution in [0, 0.1) is 6.92 Å². The third kappa shape index (κ3) is 5.06. The number of esters is 1. The predicted octanol–water partition coefficient (Wildman–Crippen LogP) is 1.47. The van der Waals surface area contributed by atoms with Gasteiger partial charge < -0.3 is 15.2 Å². The van der Waals surface area contributed by atoms with E-state index in [-0.39, 0.29) is 18.4 Å². The van der Waals surface area contributed by atoms with E-state index in [1.807, 2.05) is 25.1 Å². The van der Waals surface area contributed by atoms with Crippen LogP contribution in [0.4, 0.5) is 0 Å². The number of aryl methyl sites for hydroxylation is 1. The lowest BCUT2D eigenvalue weighted by Crippen LogP contribution is -2.11. The van der Waals surface area contributed by atoms with E-state index in [1.54, 1.807) is 0 Å². The first-order chi connectivity index (χ1) is 7.67. The Labute approximate surface area is 108 Å². The van der Waals surface area contributed by atoms with Gasteiger partial charge in [0, 0.05) is 6.54 Å². The van der Waals surface area contributed by atoms with Gasteiger partial charge in [0.2, 0.25) is 0 Å². The van der Waals surface area contributed by atoms with Crippen molar-refractivity contribution in [2.75, 3.05) is 20.3 Å².